The second-order valence-corrected chi connectivity index (χ2v) is 23.0. The number of carbonyl (C=O) groups excluding carboxylic acids is 2. The van der Waals surface area contributed by atoms with E-state index in [1.807, 2.05) is 21.1 Å². The molecule has 0 aromatic rings. The Kier molecular flexibility index (Phi) is 60.0. The maximum Gasteiger partial charge on any atom is 0.361 e. The molecule has 9 nitrogen and oxygen atoms in total. The van der Waals surface area contributed by atoms with Crippen LogP contribution in [0.25, 0.3) is 0 Å². The molecule has 0 aromatic carbocycles. The first-order valence-electron chi connectivity index (χ1n) is 33.3. The zero-order chi connectivity index (χ0) is 60.5. The first-order valence-corrected chi connectivity index (χ1v) is 33.3. The van der Waals surface area contributed by atoms with Gasteiger partial charge in [0.15, 0.2) is 6.10 Å². The Labute approximate surface area is 509 Å². The first-order chi connectivity index (χ1) is 40.6. The molecule has 0 fully saturated rings. The van der Waals surface area contributed by atoms with E-state index in [0.717, 1.165) is 96.3 Å². The zero-order valence-corrected chi connectivity index (χ0v) is 53.8. The molecule has 0 heterocycles. The average Bonchev–Trinajstić information content (AvgIpc) is 3.46. The lowest BCUT2D eigenvalue weighted by Crippen LogP contribution is -2.40. The number of rotatable bonds is 60. The first kappa shape index (κ1) is 78.4. The van der Waals surface area contributed by atoms with Crippen LogP contribution in [0.2, 0.25) is 0 Å². The van der Waals surface area contributed by atoms with E-state index in [1.165, 1.54) is 128 Å². The van der Waals surface area contributed by atoms with E-state index >= 15 is 0 Å². The highest BCUT2D eigenvalue weighted by Crippen LogP contribution is 2.16. The summed E-state index contributed by atoms with van der Waals surface area (Å²) in [5.74, 6) is -2.07. The second kappa shape index (κ2) is 63.5. The molecule has 0 saturated heterocycles. The largest absolute Gasteiger partial charge is 0.477 e. The minimum Gasteiger partial charge on any atom is -0.477 e. The molecule has 0 aliphatic rings. The molecule has 0 rings (SSSR count). The van der Waals surface area contributed by atoms with E-state index in [9.17, 15) is 19.5 Å². The molecule has 0 aliphatic carbocycles. The van der Waals surface area contributed by atoms with Crippen molar-refractivity contribution in [1.29, 1.82) is 0 Å². The summed E-state index contributed by atoms with van der Waals surface area (Å²) in [7, 11) is 5.95. The highest BCUT2D eigenvalue weighted by atomic mass is 16.7. The van der Waals surface area contributed by atoms with E-state index in [4.69, 9.17) is 18.9 Å². The molecule has 0 aromatic heterocycles. The van der Waals surface area contributed by atoms with Crippen molar-refractivity contribution in [1.82, 2.24) is 0 Å². The fraction of sp³-hybridized carbons (Fsp3) is 0.662. The van der Waals surface area contributed by atoms with Crippen LogP contribution in [0.15, 0.2) is 134 Å². The van der Waals surface area contributed by atoms with Crippen LogP contribution < -0.4 is 0 Å². The summed E-state index contributed by atoms with van der Waals surface area (Å²) in [6.45, 7) is 4.71. The molecule has 0 amide bonds. The van der Waals surface area contributed by atoms with E-state index < -0.39 is 24.3 Å². The summed E-state index contributed by atoms with van der Waals surface area (Å²) >= 11 is 0. The molecule has 2 unspecified atom stereocenters. The molecule has 83 heavy (non-hydrogen) atoms. The number of likely N-dealkylation sites (N-methyl/N-ethyl adjacent to an activating group) is 1. The van der Waals surface area contributed by atoms with Crippen LogP contribution in [0.4, 0.5) is 0 Å². The average molecular weight is 1160 g/mol. The smallest absolute Gasteiger partial charge is 0.361 e. The predicted molar refractivity (Wildman–Crippen MR) is 354 cm³/mol. The van der Waals surface area contributed by atoms with Crippen molar-refractivity contribution in [2.75, 3.05) is 47.5 Å². The fourth-order valence-corrected chi connectivity index (χ4v) is 8.80. The number of aliphatic carboxylic acids is 1. The number of unbranched alkanes of at least 4 members (excludes halogenated alkanes) is 23. The van der Waals surface area contributed by atoms with Crippen LogP contribution in [-0.2, 0) is 33.3 Å². The van der Waals surface area contributed by atoms with Gasteiger partial charge in [-0.15, -0.1) is 0 Å². The summed E-state index contributed by atoms with van der Waals surface area (Å²) in [5.41, 5.74) is 0. The molecule has 472 valence electrons. The molecule has 9 heteroatoms. The third-order valence-corrected chi connectivity index (χ3v) is 13.9. The van der Waals surface area contributed by atoms with Gasteiger partial charge in [0, 0.05) is 12.8 Å². The standard InChI is InChI=1S/C74H123NO8/c1-6-8-10-12-14-16-18-20-22-24-26-28-30-32-33-34-35-36-37-38-39-41-43-45-47-49-51-53-55-57-59-61-63-65-72(77)83-70(69-82-74(73(78)79)80-67-66-75(3,4)5)68-81-71(76)64-62-60-58-56-54-52-50-48-46-44-42-40-31-29-27-25-23-21-19-17-15-13-11-9-7-2/h8,10,14,16,20,22,25-28,32-33,35-36,38-39,43,45,49,51,55,57,70,74H,6-7,9,11-13,15,17-19,21,23-24,29-31,34,37,40-42,44,46-48,50,52-54,56,58-69H2,1-5H3/p+1/b10-8-,16-14-,22-20-,27-25-,28-26-,33-32-,36-35-,39-38-,45-43-,51-49-,57-55-. The highest BCUT2D eigenvalue weighted by molar-refractivity contribution is 5.71. The van der Waals surface area contributed by atoms with Gasteiger partial charge >= 0.3 is 17.9 Å². The van der Waals surface area contributed by atoms with Gasteiger partial charge in [-0.05, 0) is 116 Å². The lowest BCUT2D eigenvalue weighted by Gasteiger charge is -2.25. The Hall–Kier alpha value is -4.57. The summed E-state index contributed by atoms with van der Waals surface area (Å²) in [5, 5.41) is 9.73. The van der Waals surface area contributed by atoms with Gasteiger partial charge in [-0.3, -0.25) is 9.59 Å². The van der Waals surface area contributed by atoms with Crippen LogP contribution in [0.5, 0.6) is 0 Å². The Morgan fingerprint density at radius 3 is 1.06 bits per heavy atom. The topological polar surface area (TPSA) is 108 Å². The van der Waals surface area contributed by atoms with E-state index in [1.54, 1.807) is 0 Å². The quantitative estimate of drug-likeness (QED) is 0.0211. The Morgan fingerprint density at radius 2 is 0.687 bits per heavy atom. The van der Waals surface area contributed by atoms with E-state index in [2.05, 4.69) is 148 Å². The molecule has 0 saturated carbocycles. The SMILES string of the molecule is CC/C=C\C/C=C\C/C=C\C/C=C\C/C=C\C/C=C\C/C=C\C/C=C\C/C=C\C/C=C\CCCCC(=O)OC(COC(=O)CCCCCCCCCCCCCCC/C=C\CCCCCCCCCC)COC(OCC[N+](C)(C)C)C(=O)O. The number of carboxylic acids is 1. The van der Waals surface area contributed by atoms with E-state index in [-0.39, 0.29) is 38.6 Å². The Bertz CT molecular complexity index is 1820. The molecule has 1 N–H and O–H groups in total. The fourth-order valence-electron chi connectivity index (χ4n) is 8.80. The van der Waals surface area contributed by atoms with Crippen molar-refractivity contribution < 1.29 is 42.9 Å². The van der Waals surface area contributed by atoms with Gasteiger partial charge in [-0.2, -0.15) is 0 Å². The van der Waals surface area contributed by atoms with Gasteiger partial charge in [-0.1, -0.05) is 263 Å². The number of ether oxygens (including phenoxy) is 4. The van der Waals surface area contributed by atoms with Gasteiger partial charge in [0.2, 0.25) is 0 Å². The number of hydrogen-bond acceptors (Lipinski definition) is 7. The maximum absolute atomic E-state index is 12.9. The molecule has 2 atom stereocenters. The normalized spacial score (nSPS) is 13.6. The zero-order valence-electron chi connectivity index (χ0n) is 53.8. The van der Waals surface area contributed by atoms with Crippen molar-refractivity contribution in [2.24, 2.45) is 0 Å². The Morgan fingerprint density at radius 1 is 0.373 bits per heavy atom. The third-order valence-electron chi connectivity index (χ3n) is 13.9. The Balaban J connectivity index is 4.29. The van der Waals surface area contributed by atoms with Crippen molar-refractivity contribution in [3.63, 3.8) is 0 Å². The number of esters is 2. The van der Waals surface area contributed by atoms with Gasteiger partial charge < -0.3 is 28.5 Å². The predicted octanol–water partition coefficient (Wildman–Crippen LogP) is 20.6. The summed E-state index contributed by atoms with van der Waals surface area (Å²) < 4.78 is 22.9. The minimum absolute atomic E-state index is 0.172. The summed E-state index contributed by atoms with van der Waals surface area (Å²) in [6, 6.07) is 0. The van der Waals surface area contributed by atoms with Crippen LogP contribution in [0.1, 0.15) is 258 Å². The third kappa shape index (κ3) is 64.8. The molecule has 0 spiro atoms. The van der Waals surface area contributed by atoms with Crippen molar-refractivity contribution in [3.05, 3.63) is 134 Å². The molecule has 0 bridgehead atoms. The molecule has 0 radical (unpaired) electrons. The second-order valence-electron chi connectivity index (χ2n) is 23.0. The minimum atomic E-state index is -1.53. The van der Waals surface area contributed by atoms with Crippen molar-refractivity contribution >= 4 is 17.9 Å². The van der Waals surface area contributed by atoms with Crippen LogP contribution >= 0.6 is 0 Å². The van der Waals surface area contributed by atoms with Gasteiger partial charge in [0.05, 0.1) is 34.4 Å². The number of quaternary nitrogens is 1. The number of allylic oxidation sites excluding steroid dienone is 22. The highest BCUT2D eigenvalue weighted by Gasteiger charge is 2.25. The van der Waals surface area contributed by atoms with Crippen LogP contribution in [0.3, 0.4) is 0 Å². The summed E-state index contributed by atoms with van der Waals surface area (Å²) in [6.07, 6.45) is 88.4. The maximum atomic E-state index is 12.9. The number of nitrogens with zero attached hydrogens (tertiary/aromatic N) is 1. The monoisotopic (exact) mass is 1150 g/mol. The van der Waals surface area contributed by atoms with Crippen LogP contribution in [-0.4, -0.2) is 87.4 Å². The van der Waals surface area contributed by atoms with Crippen molar-refractivity contribution in [2.45, 2.75) is 270 Å². The molecular formula is C74H124NO8+. The van der Waals surface area contributed by atoms with E-state index in [0.29, 0.717) is 17.4 Å². The van der Waals surface area contributed by atoms with Gasteiger partial charge in [0.1, 0.15) is 13.2 Å². The van der Waals surface area contributed by atoms with Gasteiger partial charge in [0.25, 0.3) is 6.29 Å². The van der Waals surface area contributed by atoms with Gasteiger partial charge in [-0.25, -0.2) is 4.79 Å². The summed E-state index contributed by atoms with van der Waals surface area (Å²) in [4.78, 5) is 37.6. The number of carbonyl (C=O) groups is 3. The lowest BCUT2D eigenvalue weighted by atomic mass is 10.0. The van der Waals surface area contributed by atoms with Crippen molar-refractivity contribution in [3.8, 4) is 0 Å². The lowest BCUT2D eigenvalue weighted by molar-refractivity contribution is -0.870. The van der Waals surface area contributed by atoms with Crippen LogP contribution in [0, 0.1) is 0 Å². The molecular weight excluding hydrogens is 1030 g/mol. The number of hydrogen-bond donors (Lipinski definition) is 1. The number of carboxylic acid groups (broad SMARTS) is 1. The molecule has 0 aliphatic heterocycles.